The minimum absolute atomic E-state index is 0.183. The van der Waals surface area contributed by atoms with Gasteiger partial charge in [-0.3, -0.25) is 4.79 Å². The summed E-state index contributed by atoms with van der Waals surface area (Å²) in [7, 11) is -3.61. The highest BCUT2D eigenvalue weighted by Crippen LogP contribution is 2.43. The summed E-state index contributed by atoms with van der Waals surface area (Å²) in [6, 6.07) is 14.2. The van der Waals surface area contributed by atoms with Crippen molar-refractivity contribution in [1.29, 1.82) is 0 Å². The smallest absolute Gasteiger partial charge is 0.348 e. The molecule has 2 heterocycles. The van der Waals surface area contributed by atoms with Crippen LogP contribution in [0.1, 0.15) is 34.1 Å². The molecule has 182 valence electrons. The predicted molar refractivity (Wildman–Crippen MR) is 140 cm³/mol. The molecule has 0 saturated carbocycles. The molecule has 0 unspecified atom stereocenters. The largest absolute Gasteiger partial charge is 0.462 e. The van der Waals surface area contributed by atoms with Gasteiger partial charge < -0.3 is 10.1 Å². The highest BCUT2D eigenvalue weighted by atomic mass is 32.2. The number of rotatable bonds is 8. The first-order valence-electron chi connectivity index (χ1n) is 11.0. The van der Waals surface area contributed by atoms with Crippen molar-refractivity contribution in [3.05, 3.63) is 64.5 Å². The van der Waals surface area contributed by atoms with Crippen molar-refractivity contribution in [2.75, 3.05) is 17.7 Å². The molecule has 0 bridgehead atoms. The average molecular weight is 529 g/mol. The Kier molecular flexibility index (Phi) is 7.34. The molecule has 10 heteroatoms. The minimum atomic E-state index is -3.61. The van der Waals surface area contributed by atoms with Crippen LogP contribution >= 0.6 is 22.7 Å². The molecule has 0 saturated heterocycles. The van der Waals surface area contributed by atoms with Crippen molar-refractivity contribution in [2.45, 2.75) is 32.1 Å². The zero-order valence-corrected chi connectivity index (χ0v) is 21.9. The molecule has 0 fully saturated rings. The number of aromatic nitrogens is 1. The molecule has 0 aliphatic carbocycles. The van der Waals surface area contributed by atoms with E-state index < -0.39 is 21.7 Å². The van der Waals surface area contributed by atoms with Crippen molar-refractivity contribution in [3.8, 4) is 10.6 Å². The van der Waals surface area contributed by atoms with Crippen LogP contribution in [0, 0.1) is 13.8 Å². The molecule has 0 spiro atoms. The Morgan fingerprint density at radius 1 is 1.03 bits per heavy atom. The normalized spacial score (nSPS) is 11.5. The topological polar surface area (TPSA) is 102 Å². The molecule has 0 radical (unpaired) electrons. The number of thiazole rings is 1. The quantitative estimate of drug-likeness (QED) is 0.298. The number of carbonyl (C=O) groups is 2. The van der Waals surface area contributed by atoms with Crippen molar-refractivity contribution in [3.63, 3.8) is 0 Å². The fourth-order valence-electron chi connectivity index (χ4n) is 3.51. The molecule has 4 aromatic rings. The molecule has 7 nitrogen and oxygen atoms in total. The summed E-state index contributed by atoms with van der Waals surface area (Å²) in [6.07, 6.45) is -0.221. The molecule has 2 aromatic carbocycles. The molecule has 4 rings (SSSR count). The van der Waals surface area contributed by atoms with Crippen LogP contribution in [0.25, 0.3) is 20.8 Å². The van der Waals surface area contributed by atoms with E-state index in [0.717, 1.165) is 27.1 Å². The van der Waals surface area contributed by atoms with E-state index in [9.17, 15) is 18.0 Å². The van der Waals surface area contributed by atoms with Gasteiger partial charge in [0.2, 0.25) is 5.91 Å². The Morgan fingerprint density at radius 3 is 2.43 bits per heavy atom. The fourth-order valence-corrected chi connectivity index (χ4v) is 7.01. The lowest BCUT2D eigenvalue weighted by Crippen LogP contribution is -2.17. The number of nitrogens with one attached hydrogen (secondary N) is 1. The van der Waals surface area contributed by atoms with Crippen LogP contribution in [0.15, 0.2) is 53.4 Å². The van der Waals surface area contributed by atoms with Gasteiger partial charge in [0.15, 0.2) is 9.84 Å². The Labute approximate surface area is 211 Å². The number of benzene rings is 2. The van der Waals surface area contributed by atoms with Gasteiger partial charge in [0, 0.05) is 12.0 Å². The Hall–Kier alpha value is -3.08. The van der Waals surface area contributed by atoms with E-state index in [4.69, 9.17) is 4.74 Å². The second-order valence-corrected chi connectivity index (χ2v) is 12.1. The number of fused-ring (bicyclic) bond motifs is 1. The van der Waals surface area contributed by atoms with E-state index >= 15 is 0 Å². The SMILES string of the molecule is CCOC(=O)c1sc(NC(=O)CCS(=O)(=O)c2ccc(C)cc2)c(-c2nc3ccccc3s2)c1C. The van der Waals surface area contributed by atoms with Crippen LogP contribution < -0.4 is 5.32 Å². The second-order valence-electron chi connectivity index (χ2n) is 7.90. The number of esters is 1. The lowest BCUT2D eigenvalue weighted by atomic mass is 10.1. The van der Waals surface area contributed by atoms with E-state index in [1.54, 1.807) is 38.1 Å². The number of carbonyl (C=O) groups excluding carboxylic acids is 2. The number of nitrogens with zero attached hydrogens (tertiary/aromatic N) is 1. The maximum atomic E-state index is 12.8. The summed E-state index contributed by atoms with van der Waals surface area (Å²) in [5.74, 6) is -1.26. The van der Waals surface area contributed by atoms with Gasteiger partial charge in [-0.2, -0.15) is 0 Å². The number of sulfone groups is 1. The summed E-state index contributed by atoms with van der Waals surface area (Å²) in [4.78, 5) is 30.6. The number of thiophene rings is 1. The van der Waals surface area contributed by atoms with Crippen molar-refractivity contribution >= 4 is 59.6 Å². The Morgan fingerprint density at radius 2 is 1.74 bits per heavy atom. The maximum absolute atomic E-state index is 12.8. The highest BCUT2D eigenvalue weighted by molar-refractivity contribution is 7.91. The lowest BCUT2D eigenvalue weighted by Gasteiger charge is -2.07. The number of amides is 1. The Bertz CT molecular complexity index is 1470. The van der Waals surface area contributed by atoms with Crippen LogP contribution in [0.3, 0.4) is 0 Å². The molecule has 0 aliphatic rings. The van der Waals surface area contributed by atoms with Crippen LogP contribution in [0.4, 0.5) is 5.00 Å². The van der Waals surface area contributed by atoms with Crippen LogP contribution in [0.2, 0.25) is 0 Å². The minimum Gasteiger partial charge on any atom is -0.462 e. The number of para-hydroxylation sites is 1. The van der Waals surface area contributed by atoms with Gasteiger partial charge >= 0.3 is 5.97 Å². The highest BCUT2D eigenvalue weighted by Gasteiger charge is 2.26. The van der Waals surface area contributed by atoms with Crippen LogP contribution in [0.5, 0.6) is 0 Å². The molecule has 2 aromatic heterocycles. The van der Waals surface area contributed by atoms with Crippen LogP contribution in [-0.4, -0.2) is 37.6 Å². The third-order valence-corrected chi connectivity index (χ3v) is 9.32. The summed E-state index contributed by atoms with van der Waals surface area (Å²) >= 11 is 2.57. The monoisotopic (exact) mass is 528 g/mol. The van der Waals surface area contributed by atoms with Crippen molar-refractivity contribution in [1.82, 2.24) is 4.98 Å². The van der Waals surface area contributed by atoms with E-state index in [0.29, 0.717) is 26.0 Å². The van der Waals surface area contributed by atoms with Crippen molar-refractivity contribution < 1.29 is 22.7 Å². The van der Waals surface area contributed by atoms with Gasteiger partial charge in [-0.25, -0.2) is 18.2 Å². The van der Waals surface area contributed by atoms with Gasteiger partial charge in [-0.15, -0.1) is 22.7 Å². The number of ether oxygens (including phenoxy) is 1. The van der Waals surface area contributed by atoms with Gasteiger partial charge in [-0.1, -0.05) is 29.8 Å². The van der Waals surface area contributed by atoms with Gasteiger partial charge in [0.25, 0.3) is 0 Å². The third kappa shape index (κ3) is 5.44. The lowest BCUT2D eigenvalue weighted by molar-refractivity contribution is -0.115. The molecule has 1 amide bonds. The number of hydrogen-bond acceptors (Lipinski definition) is 8. The zero-order valence-electron chi connectivity index (χ0n) is 19.5. The van der Waals surface area contributed by atoms with Gasteiger partial charge in [0.05, 0.1) is 27.5 Å². The number of anilines is 1. The standard InChI is InChI=1S/C25H24N2O5S3/c1-4-32-25(29)22-16(3)21(23-26-18-7-5-6-8-19(18)33-23)24(34-22)27-20(28)13-14-35(30,31)17-11-9-15(2)10-12-17/h5-12H,4,13-14H2,1-3H3,(H,27,28). The van der Waals surface area contributed by atoms with E-state index in [1.165, 1.54) is 11.3 Å². The molecule has 1 N–H and O–H groups in total. The first-order valence-corrected chi connectivity index (χ1v) is 14.2. The summed E-state index contributed by atoms with van der Waals surface area (Å²) in [6.45, 7) is 5.62. The van der Waals surface area contributed by atoms with E-state index in [2.05, 4.69) is 10.3 Å². The zero-order chi connectivity index (χ0) is 25.2. The molecule has 35 heavy (non-hydrogen) atoms. The second kappa shape index (κ2) is 10.3. The molecular formula is C25H24N2O5S3. The Balaban J connectivity index is 1.61. The first-order chi connectivity index (χ1) is 16.7. The van der Waals surface area contributed by atoms with Crippen LogP contribution in [-0.2, 0) is 19.4 Å². The van der Waals surface area contributed by atoms with Gasteiger partial charge in [0.1, 0.15) is 14.9 Å². The summed E-state index contributed by atoms with van der Waals surface area (Å²) in [5, 5.41) is 3.93. The van der Waals surface area contributed by atoms with Crippen molar-refractivity contribution in [2.24, 2.45) is 0 Å². The fraction of sp³-hybridized carbons (Fsp3) is 0.240. The molecular weight excluding hydrogens is 504 g/mol. The summed E-state index contributed by atoms with van der Waals surface area (Å²) < 4.78 is 31.5. The van der Waals surface area contributed by atoms with E-state index in [-0.39, 0.29) is 23.7 Å². The maximum Gasteiger partial charge on any atom is 0.348 e. The first kappa shape index (κ1) is 25.0. The molecule has 0 atom stereocenters. The summed E-state index contributed by atoms with van der Waals surface area (Å²) in [5.41, 5.74) is 3.08. The molecule has 0 aliphatic heterocycles. The predicted octanol–water partition coefficient (Wildman–Crippen LogP) is 5.62. The number of aryl methyl sites for hydroxylation is 1. The third-order valence-electron chi connectivity index (χ3n) is 5.35. The average Bonchev–Trinajstić information content (AvgIpc) is 3.38. The number of hydrogen-bond donors (Lipinski definition) is 1. The van der Waals surface area contributed by atoms with E-state index in [1.807, 2.05) is 31.2 Å². The van der Waals surface area contributed by atoms with Gasteiger partial charge in [-0.05, 0) is 50.6 Å².